The van der Waals surface area contributed by atoms with Gasteiger partial charge in [-0.15, -0.1) is 0 Å². The van der Waals surface area contributed by atoms with Crippen molar-refractivity contribution >= 4 is 79.2 Å². The predicted octanol–water partition coefficient (Wildman–Crippen LogP) is 12.3. The molecule has 0 amide bonds. The summed E-state index contributed by atoms with van der Waals surface area (Å²) in [5, 5.41) is 2.30. The van der Waals surface area contributed by atoms with Gasteiger partial charge in [-0.1, -0.05) is 149 Å². The van der Waals surface area contributed by atoms with E-state index in [1.165, 1.54) is 89.3 Å². The van der Waals surface area contributed by atoms with E-state index in [-0.39, 0.29) is 17.5 Å². The third-order valence-electron chi connectivity index (χ3n) is 14.0. The summed E-state index contributed by atoms with van der Waals surface area (Å²) in [6, 6.07) is 61.0. The average molecular weight is 743 g/mol. The number of rotatable bonds is 2. The summed E-state index contributed by atoms with van der Waals surface area (Å²) in [5.74, 6) is 0. The summed E-state index contributed by atoms with van der Waals surface area (Å²) in [6.07, 6.45) is 0. The first-order chi connectivity index (χ1) is 28.3. The van der Waals surface area contributed by atoms with Crippen LogP contribution in [-0.2, 0) is 10.8 Å². The Bertz CT molecular complexity index is 3280. The number of hydrogen-bond acceptors (Lipinski definition) is 3. The fraction of sp³-hybridized carbons (Fsp3) is 0.111. The maximum Gasteiger partial charge on any atom is 0.252 e. The van der Waals surface area contributed by atoms with Gasteiger partial charge in [-0.05, 0) is 97.8 Å². The van der Waals surface area contributed by atoms with Crippen molar-refractivity contribution in [3.8, 4) is 22.3 Å². The zero-order valence-electron chi connectivity index (χ0n) is 33.0. The van der Waals surface area contributed by atoms with Crippen molar-refractivity contribution in [2.45, 2.75) is 38.5 Å². The largest absolute Gasteiger partial charge is 0.453 e. The lowest BCUT2D eigenvalue weighted by atomic mass is 9.33. The maximum atomic E-state index is 7.27. The monoisotopic (exact) mass is 742 g/mol. The van der Waals surface area contributed by atoms with Gasteiger partial charge in [-0.25, -0.2) is 0 Å². The van der Waals surface area contributed by atoms with Crippen LogP contribution >= 0.6 is 0 Å². The topological polar surface area (TPSA) is 19.6 Å². The van der Waals surface area contributed by atoms with E-state index in [4.69, 9.17) is 4.42 Å². The molecule has 2 aliphatic heterocycles. The van der Waals surface area contributed by atoms with Gasteiger partial charge in [0, 0.05) is 49.9 Å². The maximum absolute atomic E-state index is 7.27. The van der Waals surface area contributed by atoms with E-state index in [0.717, 1.165) is 27.6 Å². The molecule has 274 valence electrons. The average Bonchev–Trinajstić information content (AvgIpc) is 3.84. The van der Waals surface area contributed by atoms with Crippen LogP contribution in [-0.4, -0.2) is 6.71 Å². The Morgan fingerprint density at radius 2 is 0.845 bits per heavy atom. The fourth-order valence-electron chi connectivity index (χ4n) is 11.6. The lowest BCUT2D eigenvalue weighted by Gasteiger charge is -2.44. The highest BCUT2D eigenvalue weighted by molar-refractivity contribution is 7.00. The molecule has 1 aromatic heterocycles. The van der Waals surface area contributed by atoms with E-state index in [1.807, 2.05) is 0 Å². The first kappa shape index (κ1) is 32.3. The van der Waals surface area contributed by atoms with Crippen LogP contribution in [0.15, 0.2) is 168 Å². The lowest BCUT2D eigenvalue weighted by molar-refractivity contribution is 0.620. The van der Waals surface area contributed by atoms with Crippen LogP contribution in [0.2, 0.25) is 0 Å². The van der Waals surface area contributed by atoms with Gasteiger partial charge >= 0.3 is 0 Å². The normalized spacial score (nSPS) is 15.8. The molecular formula is C54H39BN2O. The molecule has 2 aliphatic carbocycles. The second-order valence-corrected chi connectivity index (χ2v) is 17.6. The van der Waals surface area contributed by atoms with Crippen molar-refractivity contribution in [3.05, 3.63) is 186 Å². The van der Waals surface area contributed by atoms with Gasteiger partial charge in [0.25, 0.3) is 6.71 Å². The summed E-state index contributed by atoms with van der Waals surface area (Å²) >= 11 is 0. The minimum Gasteiger partial charge on any atom is -0.453 e. The highest BCUT2D eigenvalue weighted by Gasteiger charge is 2.46. The van der Waals surface area contributed by atoms with Gasteiger partial charge in [0.1, 0.15) is 5.58 Å². The van der Waals surface area contributed by atoms with Gasteiger partial charge in [0.15, 0.2) is 5.58 Å². The Balaban J connectivity index is 1.07. The number of fused-ring (bicyclic) bond motifs is 14. The first-order valence-corrected chi connectivity index (χ1v) is 20.6. The second-order valence-electron chi connectivity index (χ2n) is 17.6. The molecule has 8 aromatic carbocycles. The molecule has 0 N–H and O–H groups in total. The van der Waals surface area contributed by atoms with Crippen molar-refractivity contribution in [3.63, 3.8) is 0 Å². The molecule has 0 spiro atoms. The van der Waals surface area contributed by atoms with E-state index in [2.05, 4.69) is 201 Å². The molecule has 0 fully saturated rings. The van der Waals surface area contributed by atoms with Gasteiger partial charge in [-0.3, -0.25) is 0 Å². The smallest absolute Gasteiger partial charge is 0.252 e. The Kier molecular flexibility index (Phi) is 6.13. The van der Waals surface area contributed by atoms with Gasteiger partial charge in [-0.2, -0.15) is 0 Å². The summed E-state index contributed by atoms with van der Waals surface area (Å²) < 4.78 is 7.27. The zero-order valence-corrected chi connectivity index (χ0v) is 33.0. The van der Waals surface area contributed by atoms with Crippen molar-refractivity contribution in [2.75, 3.05) is 9.80 Å². The molecule has 0 bridgehead atoms. The number of anilines is 6. The number of furan rings is 1. The fourth-order valence-corrected chi connectivity index (χ4v) is 11.6. The van der Waals surface area contributed by atoms with E-state index < -0.39 is 0 Å². The number of hydrogen-bond donors (Lipinski definition) is 0. The SMILES string of the molecule is CC1(C)c2ccccc2-c2cccc(N3c4ccccc4B4c5ccccc5N(c5cccc6c5oc5c7c(ccc56)-c5ccccc5C7(C)C)c5cccc3c54)c21. The molecule has 4 heteroatoms. The molecule has 0 saturated heterocycles. The molecule has 3 nitrogen and oxygen atoms in total. The summed E-state index contributed by atoms with van der Waals surface area (Å²) in [4.78, 5) is 5.05. The highest BCUT2D eigenvalue weighted by atomic mass is 16.3. The van der Waals surface area contributed by atoms with Crippen molar-refractivity contribution in [1.82, 2.24) is 0 Å². The van der Waals surface area contributed by atoms with Crippen molar-refractivity contribution in [1.29, 1.82) is 0 Å². The minimum atomic E-state index is -0.187. The third kappa shape index (κ3) is 3.86. The summed E-state index contributed by atoms with van der Waals surface area (Å²) in [6.45, 7) is 9.52. The van der Waals surface area contributed by atoms with E-state index in [9.17, 15) is 0 Å². The quantitative estimate of drug-likeness (QED) is 0.164. The van der Waals surface area contributed by atoms with Crippen LogP contribution < -0.4 is 26.2 Å². The zero-order chi connectivity index (χ0) is 38.7. The lowest BCUT2D eigenvalue weighted by Crippen LogP contribution is -2.61. The number of nitrogens with zero attached hydrogens (tertiary/aromatic N) is 2. The van der Waals surface area contributed by atoms with Crippen LogP contribution in [0.5, 0.6) is 0 Å². The van der Waals surface area contributed by atoms with Crippen molar-refractivity contribution < 1.29 is 4.42 Å². The molecule has 58 heavy (non-hydrogen) atoms. The van der Waals surface area contributed by atoms with Crippen LogP contribution in [0.3, 0.4) is 0 Å². The van der Waals surface area contributed by atoms with Gasteiger partial charge in [0.2, 0.25) is 0 Å². The van der Waals surface area contributed by atoms with Crippen LogP contribution in [0.4, 0.5) is 34.1 Å². The van der Waals surface area contributed by atoms with Gasteiger partial charge in [0.05, 0.1) is 11.4 Å². The van der Waals surface area contributed by atoms with Crippen LogP contribution in [0.1, 0.15) is 49.9 Å². The van der Waals surface area contributed by atoms with Gasteiger partial charge < -0.3 is 14.2 Å². The highest BCUT2D eigenvalue weighted by Crippen LogP contribution is 2.56. The Hall–Kier alpha value is -6.78. The molecule has 0 atom stereocenters. The van der Waals surface area contributed by atoms with E-state index in [0.29, 0.717) is 0 Å². The van der Waals surface area contributed by atoms with E-state index >= 15 is 0 Å². The Morgan fingerprint density at radius 1 is 0.379 bits per heavy atom. The first-order valence-electron chi connectivity index (χ1n) is 20.6. The molecule has 9 aromatic rings. The molecule has 0 saturated carbocycles. The molecule has 13 rings (SSSR count). The predicted molar refractivity (Wildman–Crippen MR) is 243 cm³/mol. The molecule has 3 heterocycles. The molecular weight excluding hydrogens is 703 g/mol. The van der Waals surface area contributed by atoms with E-state index in [1.54, 1.807) is 0 Å². The number of para-hydroxylation sites is 3. The minimum absolute atomic E-state index is 0.0607. The summed E-state index contributed by atoms with van der Waals surface area (Å²) in [7, 11) is 0. The Labute approximate surface area is 338 Å². The number of benzene rings is 8. The molecule has 4 aliphatic rings. The third-order valence-corrected chi connectivity index (χ3v) is 14.0. The second kappa shape index (κ2) is 11.0. The Morgan fingerprint density at radius 3 is 1.53 bits per heavy atom. The summed E-state index contributed by atoms with van der Waals surface area (Å²) in [5.41, 5.74) is 23.2. The van der Waals surface area contributed by atoms with Crippen LogP contribution in [0.25, 0.3) is 44.2 Å². The van der Waals surface area contributed by atoms with Crippen LogP contribution in [0, 0.1) is 0 Å². The molecule has 0 unspecified atom stereocenters. The van der Waals surface area contributed by atoms with Crippen molar-refractivity contribution in [2.24, 2.45) is 0 Å². The standard InChI is InChI=1S/C54H39BN2O/c1-53(2)38-20-7-5-16-32(38)34-18-13-26-44(48(34)53)56-42-24-11-9-22-40(42)55-41-23-10-12-25-43(41)57(46-28-15-27-45(56)50(46)55)47-29-14-19-36-37-31-30-35-33-17-6-8-21-39(33)54(3,4)49(35)52(37)58-51(36)47/h5-31H,1-4H3. The molecule has 0 radical (unpaired) electrons.